The molecular formula is C13H16N4. The lowest BCUT2D eigenvalue weighted by Gasteiger charge is -2.24. The molecule has 2 aliphatic carbocycles. The van der Waals surface area contributed by atoms with Crippen molar-refractivity contribution in [3.05, 3.63) is 17.8 Å². The molecule has 0 radical (unpaired) electrons. The number of hydrogen-bond donors (Lipinski definition) is 1. The molecule has 0 aliphatic heterocycles. The van der Waals surface area contributed by atoms with E-state index in [0.29, 0.717) is 17.3 Å². The molecule has 3 rings (SSSR count). The van der Waals surface area contributed by atoms with Crippen LogP contribution in [0.5, 0.6) is 0 Å². The summed E-state index contributed by atoms with van der Waals surface area (Å²) in [5.74, 6) is 1.63. The van der Waals surface area contributed by atoms with Gasteiger partial charge in [0.05, 0.1) is 11.3 Å². The van der Waals surface area contributed by atoms with Crippen molar-refractivity contribution in [3.63, 3.8) is 0 Å². The molecule has 0 amide bonds. The number of pyridine rings is 1. The summed E-state index contributed by atoms with van der Waals surface area (Å²) >= 11 is 0. The Balaban J connectivity index is 1.91. The molecule has 2 N–H and O–H groups in total. The first-order valence-corrected chi connectivity index (χ1v) is 6.21. The predicted molar refractivity (Wildman–Crippen MR) is 66.5 cm³/mol. The Hall–Kier alpha value is -1.76. The smallest absolute Gasteiger partial charge is 0.153 e. The highest BCUT2D eigenvalue weighted by atomic mass is 15.2. The highest BCUT2D eigenvalue weighted by Gasteiger charge is 2.35. The Morgan fingerprint density at radius 1 is 1.41 bits per heavy atom. The minimum absolute atomic E-state index is 0.538. The van der Waals surface area contributed by atoms with Crippen LogP contribution in [0.1, 0.15) is 31.2 Å². The van der Waals surface area contributed by atoms with E-state index in [9.17, 15) is 0 Å². The van der Waals surface area contributed by atoms with E-state index in [4.69, 9.17) is 11.0 Å². The first kappa shape index (κ1) is 10.4. The summed E-state index contributed by atoms with van der Waals surface area (Å²) in [5, 5.41) is 9.00. The van der Waals surface area contributed by atoms with Gasteiger partial charge in [0.1, 0.15) is 6.07 Å². The Morgan fingerprint density at radius 3 is 2.76 bits per heavy atom. The lowest BCUT2D eigenvalue weighted by molar-refractivity contribution is 0.710. The number of nitrogens with two attached hydrogens (primary N) is 1. The zero-order valence-corrected chi connectivity index (χ0v) is 9.76. The molecule has 2 saturated carbocycles. The lowest BCUT2D eigenvalue weighted by atomic mass is 10.2. The topological polar surface area (TPSA) is 65.9 Å². The summed E-state index contributed by atoms with van der Waals surface area (Å²) in [7, 11) is 0. The maximum Gasteiger partial charge on any atom is 0.153 e. The fraction of sp³-hybridized carbons (Fsp3) is 0.538. The van der Waals surface area contributed by atoms with Crippen molar-refractivity contribution in [2.75, 3.05) is 17.2 Å². The van der Waals surface area contributed by atoms with Gasteiger partial charge in [-0.25, -0.2) is 4.98 Å². The van der Waals surface area contributed by atoms with Gasteiger partial charge in [0.15, 0.2) is 5.82 Å². The Kier molecular flexibility index (Phi) is 2.40. The Morgan fingerprint density at radius 2 is 2.18 bits per heavy atom. The third-order valence-corrected chi connectivity index (χ3v) is 3.50. The number of anilines is 2. The fourth-order valence-electron chi connectivity index (χ4n) is 2.16. The van der Waals surface area contributed by atoms with Gasteiger partial charge < -0.3 is 10.6 Å². The van der Waals surface area contributed by atoms with Crippen molar-refractivity contribution >= 4 is 11.5 Å². The van der Waals surface area contributed by atoms with Gasteiger partial charge in [-0.3, -0.25) is 0 Å². The van der Waals surface area contributed by atoms with Crippen molar-refractivity contribution in [2.45, 2.75) is 31.7 Å². The second-order valence-electron chi connectivity index (χ2n) is 5.03. The molecular weight excluding hydrogens is 212 g/mol. The zero-order chi connectivity index (χ0) is 11.8. The van der Waals surface area contributed by atoms with Crippen LogP contribution in [0.25, 0.3) is 0 Å². The van der Waals surface area contributed by atoms with Gasteiger partial charge >= 0.3 is 0 Å². The fourth-order valence-corrected chi connectivity index (χ4v) is 2.16. The monoisotopic (exact) mass is 228 g/mol. The first-order valence-electron chi connectivity index (χ1n) is 6.21. The summed E-state index contributed by atoms with van der Waals surface area (Å²) in [6.07, 6.45) is 6.78. The molecule has 1 aromatic rings. The molecule has 4 nitrogen and oxygen atoms in total. The van der Waals surface area contributed by atoms with Crippen LogP contribution in [-0.4, -0.2) is 17.6 Å². The number of rotatable bonds is 4. The van der Waals surface area contributed by atoms with Crippen LogP contribution in [-0.2, 0) is 0 Å². The van der Waals surface area contributed by atoms with Crippen LogP contribution in [0.4, 0.5) is 11.5 Å². The maximum absolute atomic E-state index is 9.00. The molecule has 0 saturated heterocycles. The van der Waals surface area contributed by atoms with E-state index in [1.165, 1.54) is 25.7 Å². The Labute approximate surface area is 101 Å². The largest absolute Gasteiger partial charge is 0.395 e. The summed E-state index contributed by atoms with van der Waals surface area (Å²) in [4.78, 5) is 6.69. The first-order chi connectivity index (χ1) is 8.29. The van der Waals surface area contributed by atoms with Gasteiger partial charge in [-0.05, 0) is 37.7 Å². The maximum atomic E-state index is 9.00. The van der Waals surface area contributed by atoms with Gasteiger partial charge in [-0.2, -0.15) is 5.26 Å². The number of nitrogen functional groups attached to an aromatic ring is 1. The molecule has 0 bridgehead atoms. The third-order valence-electron chi connectivity index (χ3n) is 3.50. The van der Waals surface area contributed by atoms with Gasteiger partial charge in [0.25, 0.3) is 0 Å². The molecule has 4 heteroatoms. The van der Waals surface area contributed by atoms with E-state index in [1.54, 1.807) is 12.3 Å². The van der Waals surface area contributed by atoms with Crippen molar-refractivity contribution < 1.29 is 0 Å². The van der Waals surface area contributed by atoms with Crippen molar-refractivity contribution in [2.24, 2.45) is 5.92 Å². The number of nitriles is 1. The van der Waals surface area contributed by atoms with E-state index in [-0.39, 0.29) is 0 Å². The minimum atomic E-state index is 0.538. The summed E-state index contributed by atoms with van der Waals surface area (Å²) in [6.45, 7) is 1.05. The second-order valence-corrected chi connectivity index (χ2v) is 5.03. The molecule has 1 heterocycles. The van der Waals surface area contributed by atoms with Gasteiger partial charge in [-0.15, -0.1) is 0 Å². The average molecular weight is 228 g/mol. The summed E-state index contributed by atoms with van der Waals surface area (Å²) < 4.78 is 0. The SMILES string of the molecule is N#Cc1ccnc(N(CC2CC2)C2CC2)c1N. The summed E-state index contributed by atoms with van der Waals surface area (Å²) in [5.41, 5.74) is 7.11. The van der Waals surface area contributed by atoms with Crippen molar-refractivity contribution in [1.82, 2.24) is 4.98 Å². The number of hydrogen-bond acceptors (Lipinski definition) is 4. The third kappa shape index (κ3) is 2.05. The van der Waals surface area contributed by atoms with Crippen LogP contribution in [0.2, 0.25) is 0 Å². The van der Waals surface area contributed by atoms with E-state index >= 15 is 0 Å². The minimum Gasteiger partial charge on any atom is -0.395 e. The molecule has 1 aromatic heterocycles. The van der Waals surface area contributed by atoms with Crippen LogP contribution < -0.4 is 10.6 Å². The molecule has 0 aromatic carbocycles. The van der Waals surface area contributed by atoms with Crippen LogP contribution >= 0.6 is 0 Å². The molecule has 0 atom stereocenters. The molecule has 0 spiro atoms. The van der Waals surface area contributed by atoms with Crippen molar-refractivity contribution in [3.8, 4) is 6.07 Å². The van der Waals surface area contributed by atoms with Crippen LogP contribution in [0, 0.1) is 17.2 Å². The number of nitrogens with zero attached hydrogens (tertiary/aromatic N) is 3. The van der Waals surface area contributed by atoms with E-state index in [0.717, 1.165) is 18.3 Å². The Bertz CT molecular complexity index is 469. The summed E-state index contributed by atoms with van der Waals surface area (Å²) in [6, 6.07) is 4.41. The zero-order valence-electron chi connectivity index (χ0n) is 9.76. The lowest BCUT2D eigenvalue weighted by Crippen LogP contribution is -2.29. The van der Waals surface area contributed by atoms with E-state index < -0.39 is 0 Å². The second kappa shape index (κ2) is 3.92. The molecule has 88 valence electrons. The molecule has 2 aliphatic rings. The number of aromatic nitrogens is 1. The molecule has 17 heavy (non-hydrogen) atoms. The van der Waals surface area contributed by atoms with Gasteiger partial charge in [0.2, 0.25) is 0 Å². The van der Waals surface area contributed by atoms with Gasteiger partial charge in [0, 0.05) is 18.8 Å². The van der Waals surface area contributed by atoms with Gasteiger partial charge in [-0.1, -0.05) is 0 Å². The quantitative estimate of drug-likeness (QED) is 0.855. The highest BCUT2D eigenvalue weighted by Crippen LogP contribution is 2.39. The predicted octanol–water partition coefficient (Wildman–Crippen LogP) is 1.91. The van der Waals surface area contributed by atoms with E-state index in [2.05, 4.69) is 16.0 Å². The normalized spacial score (nSPS) is 18.8. The van der Waals surface area contributed by atoms with E-state index in [1.807, 2.05) is 0 Å². The van der Waals surface area contributed by atoms with Crippen LogP contribution in [0.15, 0.2) is 12.3 Å². The van der Waals surface area contributed by atoms with Crippen LogP contribution in [0.3, 0.4) is 0 Å². The highest BCUT2D eigenvalue weighted by molar-refractivity contribution is 5.70. The molecule has 2 fully saturated rings. The average Bonchev–Trinajstić information content (AvgIpc) is 3.19. The standard InChI is InChI=1S/C13H16N4/c14-7-10-5-6-16-13(12(10)15)17(11-3-4-11)8-9-1-2-9/h5-6,9,11H,1-4,8,15H2. The van der Waals surface area contributed by atoms with Crippen molar-refractivity contribution in [1.29, 1.82) is 5.26 Å². The molecule has 0 unspecified atom stereocenters.